The molecule has 1 fully saturated rings. The van der Waals surface area contributed by atoms with Gasteiger partial charge in [-0.2, -0.15) is 0 Å². The van der Waals surface area contributed by atoms with E-state index in [0.717, 1.165) is 11.1 Å². The van der Waals surface area contributed by atoms with Crippen molar-refractivity contribution < 1.29 is 9.09 Å². The van der Waals surface area contributed by atoms with Crippen molar-refractivity contribution in [3.8, 4) is 0 Å². The van der Waals surface area contributed by atoms with Gasteiger partial charge < -0.3 is 4.52 Å². The Bertz CT molecular complexity index is 724. The minimum absolute atomic E-state index is 0.0561. The average Bonchev–Trinajstić information content (AvgIpc) is 2.91. The van der Waals surface area contributed by atoms with Gasteiger partial charge in [0, 0.05) is 11.7 Å². The van der Waals surface area contributed by atoms with Crippen LogP contribution in [0.25, 0.3) is 0 Å². The molecule has 0 amide bonds. The maximum Gasteiger partial charge on any atom is 0.273 e. The summed E-state index contributed by atoms with van der Waals surface area (Å²) in [4.78, 5) is 0. The second kappa shape index (κ2) is 6.48. The highest BCUT2D eigenvalue weighted by Crippen LogP contribution is 2.69. The molecule has 0 radical (unpaired) electrons. The second-order valence-corrected chi connectivity index (χ2v) is 9.81. The van der Waals surface area contributed by atoms with Gasteiger partial charge in [0.15, 0.2) is 0 Å². The Morgan fingerprint density at radius 3 is 1.92 bits per heavy atom. The molecule has 4 heteroatoms. The Hall–Kier alpha value is -1.41. The first-order valence-electron chi connectivity index (χ1n) is 8.54. The van der Waals surface area contributed by atoms with E-state index >= 15 is 0 Å². The van der Waals surface area contributed by atoms with Crippen LogP contribution in [0.4, 0.5) is 0 Å². The summed E-state index contributed by atoms with van der Waals surface area (Å²) in [7, 11) is -2.89. The SMILES string of the molecule is CC[P@@]1(=O)O[C@H](c2ccccc2)[C@H](c2ccccc2)N1C(C)(C)C. The summed E-state index contributed by atoms with van der Waals surface area (Å²) >= 11 is 0. The minimum atomic E-state index is -2.89. The smallest absolute Gasteiger partial charge is 0.273 e. The van der Waals surface area contributed by atoms with E-state index in [4.69, 9.17) is 4.52 Å². The molecule has 1 aliphatic rings. The topological polar surface area (TPSA) is 29.5 Å². The third-order valence-corrected chi connectivity index (χ3v) is 7.37. The van der Waals surface area contributed by atoms with Gasteiger partial charge in [-0.05, 0) is 31.9 Å². The first kappa shape index (κ1) is 17.4. The molecular weight excluding hydrogens is 317 g/mol. The first-order chi connectivity index (χ1) is 11.4. The fourth-order valence-electron chi connectivity index (χ4n) is 3.56. The van der Waals surface area contributed by atoms with E-state index in [1.165, 1.54) is 0 Å². The van der Waals surface area contributed by atoms with E-state index in [9.17, 15) is 4.57 Å². The Morgan fingerprint density at radius 1 is 0.958 bits per heavy atom. The van der Waals surface area contributed by atoms with Crippen molar-refractivity contribution in [1.82, 2.24) is 4.67 Å². The average molecular weight is 343 g/mol. The molecule has 0 unspecified atom stereocenters. The molecule has 2 aromatic rings. The Kier molecular flexibility index (Phi) is 4.70. The standard InChI is InChI=1S/C20H26NO2P/c1-5-24(22)21(20(2,3)4)18(16-12-8-6-9-13-16)19(23-24)17-14-10-7-11-15-17/h6-15,18-19H,5H2,1-4H3/t18-,19+,24+/m0/s1. The van der Waals surface area contributed by atoms with Gasteiger partial charge in [-0.3, -0.25) is 4.57 Å². The quantitative estimate of drug-likeness (QED) is 0.658. The van der Waals surface area contributed by atoms with Gasteiger partial charge in [-0.1, -0.05) is 67.6 Å². The van der Waals surface area contributed by atoms with Crippen molar-refractivity contribution >= 4 is 7.52 Å². The number of nitrogens with zero attached hydrogens (tertiary/aromatic N) is 1. The highest BCUT2D eigenvalue weighted by atomic mass is 31.2. The third kappa shape index (κ3) is 3.09. The fourth-order valence-corrected chi connectivity index (χ4v) is 6.25. The molecule has 24 heavy (non-hydrogen) atoms. The van der Waals surface area contributed by atoms with E-state index in [1.807, 2.05) is 43.3 Å². The molecule has 1 heterocycles. The van der Waals surface area contributed by atoms with Crippen molar-refractivity contribution in [3.05, 3.63) is 71.8 Å². The molecular formula is C20H26NO2P. The molecule has 3 nitrogen and oxygen atoms in total. The summed E-state index contributed by atoms with van der Waals surface area (Å²) in [6.45, 7) is 8.29. The van der Waals surface area contributed by atoms with Gasteiger partial charge in [0.25, 0.3) is 7.52 Å². The van der Waals surface area contributed by atoms with Gasteiger partial charge in [0.05, 0.1) is 6.04 Å². The lowest BCUT2D eigenvalue weighted by Gasteiger charge is -2.39. The Morgan fingerprint density at radius 2 is 1.46 bits per heavy atom. The first-order valence-corrected chi connectivity index (χ1v) is 10.3. The van der Waals surface area contributed by atoms with E-state index < -0.39 is 7.52 Å². The van der Waals surface area contributed by atoms with Crippen LogP contribution >= 0.6 is 7.52 Å². The summed E-state index contributed by atoms with van der Waals surface area (Å²) in [6, 6.07) is 20.4. The van der Waals surface area contributed by atoms with E-state index in [1.54, 1.807) is 0 Å². The molecule has 3 rings (SSSR count). The van der Waals surface area contributed by atoms with Crippen LogP contribution in [0.5, 0.6) is 0 Å². The molecule has 1 aliphatic heterocycles. The van der Waals surface area contributed by atoms with Gasteiger partial charge >= 0.3 is 0 Å². The molecule has 0 aromatic heterocycles. The monoisotopic (exact) mass is 343 g/mol. The Balaban J connectivity index is 2.17. The lowest BCUT2D eigenvalue weighted by molar-refractivity contribution is 0.155. The molecule has 128 valence electrons. The molecule has 1 saturated heterocycles. The summed E-state index contributed by atoms with van der Waals surface area (Å²) in [5, 5.41) is 0. The molecule has 0 bridgehead atoms. The molecule has 0 N–H and O–H groups in total. The summed E-state index contributed by atoms with van der Waals surface area (Å²) < 4.78 is 22.0. The van der Waals surface area contributed by atoms with Crippen molar-refractivity contribution in [2.24, 2.45) is 0 Å². The van der Waals surface area contributed by atoms with Crippen molar-refractivity contribution in [2.45, 2.75) is 45.4 Å². The Labute approximate surface area is 145 Å². The molecule has 2 aromatic carbocycles. The summed E-state index contributed by atoms with van der Waals surface area (Å²) in [5.74, 6) is 0. The van der Waals surface area contributed by atoms with Crippen molar-refractivity contribution in [3.63, 3.8) is 0 Å². The maximum atomic E-state index is 13.6. The normalized spacial score (nSPS) is 28.2. The fraction of sp³-hybridized carbons (Fsp3) is 0.400. The largest absolute Gasteiger partial charge is 0.307 e. The number of benzene rings is 2. The zero-order valence-electron chi connectivity index (χ0n) is 14.8. The zero-order chi connectivity index (χ0) is 17.4. The van der Waals surface area contributed by atoms with Crippen LogP contribution < -0.4 is 0 Å². The minimum Gasteiger partial charge on any atom is -0.307 e. The van der Waals surface area contributed by atoms with E-state index in [0.29, 0.717) is 6.16 Å². The number of hydrogen-bond acceptors (Lipinski definition) is 2. The van der Waals surface area contributed by atoms with Crippen LogP contribution in [0, 0.1) is 0 Å². The zero-order valence-corrected chi connectivity index (χ0v) is 15.7. The molecule has 3 atom stereocenters. The lowest BCUT2D eigenvalue weighted by Crippen LogP contribution is -2.39. The van der Waals surface area contributed by atoms with Crippen molar-refractivity contribution in [2.75, 3.05) is 6.16 Å². The van der Waals surface area contributed by atoms with Crippen LogP contribution in [0.1, 0.15) is 51.0 Å². The van der Waals surface area contributed by atoms with E-state index in [2.05, 4.69) is 49.7 Å². The third-order valence-electron chi connectivity index (χ3n) is 4.51. The van der Waals surface area contributed by atoms with Crippen LogP contribution in [0.3, 0.4) is 0 Å². The lowest BCUT2D eigenvalue weighted by atomic mass is 9.93. The van der Waals surface area contributed by atoms with Gasteiger partial charge in [-0.15, -0.1) is 0 Å². The van der Waals surface area contributed by atoms with Gasteiger partial charge in [0.2, 0.25) is 0 Å². The van der Waals surface area contributed by atoms with Crippen LogP contribution in [-0.4, -0.2) is 16.4 Å². The van der Waals surface area contributed by atoms with Crippen LogP contribution in [0.2, 0.25) is 0 Å². The van der Waals surface area contributed by atoms with E-state index in [-0.39, 0.29) is 17.7 Å². The van der Waals surface area contributed by atoms with Crippen molar-refractivity contribution in [1.29, 1.82) is 0 Å². The summed E-state index contributed by atoms with van der Waals surface area (Å²) in [5.41, 5.74) is 1.97. The number of rotatable bonds is 3. The van der Waals surface area contributed by atoms with Gasteiger partial charge in [-0.25, -0.2) is 4.67 Å². The summed E-state index contributed by atoms with van der Waals surface area (Å²) in [6.07, 6.45) is 0.287. The number of hydrogen-bond donors (Lipinski definition) is 0. The van der Waals surface area contributed by atoms with Crippen LogP contribution in [-0.2, 0) is 9.09 Å². The van der Waals surface area contributed by atoms with Gasteiger partial charge in [0.1, 0.15) is 6.10 Å². The highest BCUT2D eigenvalue weighted by molar-refractivity contribution is 7.56. The highest BCUT2D eigenvalue weighted by Gasteiger charge is 2.54. The van der Waals surface area contributed by atoms with Crippen LogP contribution in [0.15, 0.2) is 60.7 Å². The molecule has 0 spiro atoms. The predicted molar refractivity (Wildman–Crippen MR) is 99.2 cm³/mol. The molecule has 0 saturated carbocycles. The maximum absolute atomic E-state index is 13.6. The molecule has 0 aliphatic carbocycles. The second-order valence-electron chi connectivity index (χ2n) is 7.26. The predicted octanol–water partition coefficient (Wildman–Crippen LogP) is 5.81.